The van der Waals surface area contributed by atoms with E-state index >= 15 is 0 Å². The summed E-state index contributed by atoms with van der Waals surface area (Å²) in [5.41, 5.74) is 1.95. The Kier molecular flexibility index (Phi) is 11.6. The van der Waals surface area contributed by atoms with Crippen LogP contribution in [0.5, 0.6) is 0 Å². The molecule has 3 aromatic rings. The minimum atomic E-state index is -3.69. The molecule has 0 heterocycles. The molecule has 0 spiro atoms. The van der Waals surface area contributed by atoms with E-state index in [2.05, 4.69) is 5.32 Å². The van der Waals surface area contributed by atoms with Gasteiger partial charge in [-0.2, -0.15) is 0 Å². The Morgan fingerprint density at radius 1 is 0.953 bits per heavy atom. The fraction of sp³-hybridized carbons (Fsp3) is 0.394. The molecule has 1 aliphatic carbocycles. The van der Waals surface area contributed by atoms with E-state index in [-0.39, 0.29) is 43.8 Å². The number of anilines is 1. The minimum absolute atomic E-state index is 0.000332. The van der Waals surface area contributed by atoms with Gasteiger partial charge in [-0.3, -0.25) is 13.9 Å². The molecule has 43 heavy (non-hydrogen) atoms. The zero-order valence-corrected chi connectivity index (χ0v) is 26.0. The van der Waals surface area contributed by atoms with Crippen LogP contribution < -0.4 is 9.62 Å². The van der Waals surface area contributed by atoms with Gasteiger partial charge < -0.3 is 10.2 Å². The van der Waals surface area contributed by atoms with E-state index in [4.69, 9.17) is 11.6 Å². The third-order valence-electron chi connectivity index (χ3n) is 7.79. The standard InChI is InChI=1S/C33H39ClFN3O4S/c1-43(41,42)38(29-20-18-27(35)19-21-29)22-10-17-32(39)37(24-26-13-8-9-16-30(26)34)31(23-25-11-4-2-5-12-25)33(40)36-28-14-6-3-7-15-28/h2,4-5,8-9,11-13,16,18-21,28,31H,3,6-7,10,14-15,17,22-24H2,1H3,(H,36,40)/t31-/m1/s1. The number of carbonyl (C=O) groups is 2. The zero-order valence-electron chi connectivity index (χ0n) is 24.4. The molecular formula is C33H39ClFN3O4S. The summed E-state index contributed by atoms with van der Waals surface area (Å²) in [6.45, 7) is 0.148. The van der Waals surface area contributed by atoms with Crippen molar-refractivity contribution in [2.45, 2.75) is 70.0 Å². The smallest absolute Gasteiger partial charge is 0.243 e. The van der Waals surface area contributed by atoms with Gasteiger partial charge in [0.15, 0.2) is 0 Å². The number of carbonyl (C=O) groups excluding carboxylic acids is 2. The second kappa shape index (κ2) is 15.3. The van der Waals surface area contributed by atoms with Crippen LogP contribution in [0.2, 0.25) is 5.02 Å². The SMILES string of the molecule is CS(=O)(=O)N(CCCC(=O)N(Cc1ccccc1Cl)[C@H](Cc1ccccc1)C(=O)NC1CCCCC1)c1ccc(F)cc1. The van der Waals surface area contributed by atoms with Crippen molar-refractivity contribution in [2.75, 3.05) is 17.1 Å². The molecule has 0 saturated heterocycles. The number of hydrogen-bond donors (Lipinski definition) is 1. The van der Waals surface area contributed by atoms with Crippen LogP contribution in [0.4, 0.5) is 10.1 Å². The monoisotopic (exact) mass is 627 g/mol. The van der Waals surface area contributed by atoms with Gasteiger partial charge in [-0.15, -0.1) is 0 Å². The van der Waals surface area contributed by atoms with E-state index in [1.54, 1.807) is 11.0 Å². The second-order valence-electron chi connectivity index (χ2n) is 11.1. The highest BCUT2D eigenvalue weighted by Gasteiger charge is 2.32. The highest BCUT2D eigenvalue weighted by atomic mass is 35.5. The lowest BCUT2D eigenvalue weighted by atomic mass is 9.94. The Hall–Kier alpha value is -3.43. The third kappa shape index (κ3) is 9.53. The summed E-state index contributed by atoms with van der Waals surface area (Å²) in [7, 11) is -3.69. The fourth-order valence-electron chi connectivity index (χ4n) is 5.52. The van der Waals surface area contributed by atoms with Crippen molar-refractivity contribution in [2.24, 2.45) is 0 Å². The van der Waals surface area contributed by atoms with Gasteiger partial charge in [0.25, 0.3) is 0 Å². The van der Waals surface area contributed by atoms with Crippen LogP contribution in [0.3, 0.4) is 0 Å². The van der Waals surface area contributed by atoms with Crippen molar-refractivity contribution in [1.82, 2.24) is 10.2 Å². The number of halogens is 2. The molecule has 1 aliphatic rings. The number of nitrogens with one attached hydrogen (secondary N) is 1. The van der Waals surface area contributed by atoms with Crippen molar-refractivity contribution in [3.8, 4) is 0 Å². The zero-order chi connectivity index (χ0) is 30.8. The van der Waals surface area contributed by atoms with Crippen molar-refractivity contribution >= 4 is 39.1 Å². The number of hydrogen-bond acceptors (Lipinski definition) is 4. The highest BCUT2D eigenvalue weighted by Crippen LogP contribution is 2.24. The normalized spacial score (nSPS) is 14.6. The lowest BCUT2D eigenvalue weighted by molar-refractivity contribution is -0.141. The lowest BCUT2D eigenvalue weighted by Crippen LogP contribution is -2.53. The second-order valence-corrected chi connectivity index (χ2v) is 13.4. The maximum absolute atomic E-state index is 14.0. The molecule has 0 bridgehead atoms. The molecule has 1 saturated carbocycles. The molecule has 10 heteroatoms. The first-order valence-corrected chi connectivity index (χ1v) is 16.9. The Morgan fingerprint density at radius 3 is 2.26 bits per heavy atom. The van der Waals surface area contributed by atoms with Gasteiger partial charge in [-0.25, -0.2) is 12.8 Å². The first-order chi connectivity index (χ1) is 20.6. The van der Waals surface area contributed by atoms with E-state index in [1.807, 2.05) is 48.5 Å². The summed E-state index contributed by atoms with van der Waals surface area (Å²) in [5, 5.41) is 3.70. The molecule has 4 rings (SSSR count). The molecule has 0 unspecified atom stereocenters. The van der Waals surface area contributed by atoms with Gasteiger partial charge in [-0.05, 0) is 60.7 Å². The molecule has 2 amide bonds. The Labute approximate surface area is 259 Å². The molecule has 0 aromatic heterocycles. The number of amides is 2. The number of benzene rings is 3. The predicted molar refractivity (Wildman–Crippen MR) is 169 cm³/mol. The van der Waals surface area contributed by atoms with Crippen molar-refractivity contribution in [3.05, 3.63) is 101 Å². The average Bonchev–Trinajstić information content (AvgIpc) is 2.99. The molecule has 1 N–H and O–H groups in total. The van der Waals surface area contributed by atoms with Crippen LogP contribution in [0.15, 0.2) is 78.9 Å². The first kappa shape index (κ1) is 32.5. The number of rotatable bonds is 13. The fourth-order valence-corrected chi connectivity index (χ4v) is 6.68. The van der Waals surface area contributed by atoms with Crippen LogP contribution >= 0.6 is 11.6 Å². The Bertz CT molecular complexity index is 1460. The van der Waals surface area contributed by atoms with E-state index in [0.717, 1.165) is 48.2 Å². The maximum atomic E-state index is 14.0. The number of sulfonamides is 1. The molecule has 1 atom stereocenters. The molecule has 1 fully saturated rings. The van der Waals surface area contributed by atoms with Gasteiger partial charge >= 0.3 is 0 Å². The molecule has 0 aliphatic heterocycles. The molecule has 3 aromatic carbocycles. The minimum Gasteiger partial charge on any atom is -0.352 e. The first-order valence-electron chi connectivity index (χ1n) is 14.7. The third-order valence-corrected chi connectivity index (χ3v) is 9.35. The van der Waals surface area contributed by atoms with Crippen LogP contribution in [-0.2, 0) is 32.6 Å². The number of nitrogens with zero attached hydrogens (tertiary/aromatic N) is 2. The van der Waals surface area contributed by atoms with Gasteiger partial charge in [0.05, 0.1) is 11.9 Å². The molecule has 230 valence electrons. The molecular weight excluding hydrogens is 589 g/mol. The predicted octanol–water partition coefficient (Wildman–Crippen LogP) is 6.11. The van der Waals surface area contributed by atoms with Gasteiger partial charge in [0, 0.05) is 37.0 Å². The van der Waals surface area contributed by atoms with Crippen LogP contribution in [-0.4, -0.2) is 50.0 Å². The Morgan fingerprint density at radius 2 is 1.60 bits per heavy atom. The van der Waals surface area contributed by atoms with Crippen molar-refractivity contribution in [3.63, 3.8) is 0 Å². The van der Waals surface area contributed by atoms with Crippen molar-refractivity contribution < 1.29 is 22.4 Å². The Balaban J connectivity index is 1.59. The van der Waals surface area contributed by atoms with Crippen LogP contribution in [0.1, 0.15) is 56.1 Å². The van der Waals surface area contributed by atoms with Gasteiger partial charge in [-0.1, -0.05) is 79.4 Å². The summed E-state index contributed by atoms with van der Waals surface area (Å²) in [6, 6.07) is 21.3. The van der Waals surface area contributed by atoms with Gasteiger partial charge in [0.1, 0.15) is 11.9 Å². The molecule has 0 radical (unpaired) electrons. The maximum Gasteiger partial charge on any atom is 0.243 e. The molecule has 7 nitrogen and oxygen atoms in total. The summed E-state index contributed by atoms with van der Waals surface area (Å²) in [5.74, 6) is -0.967. The van der Waals surface area contributed by atoms with E-state index in [0.29, 0.717) is 22.7 Å². The van der Waals surface area contributed by atoms with E-state index in [9.17, 15) is 22.4 Å². The van der Waals surface area contributed by atoms with E-state index in [1.165, 1.54) is 24.3 Å². The summed E-state index contributed by atoms with van der Waals surface area (Å²) in [4.78, 5) is 29.5. The van der Waals surface area contributed by atoms with E-state index < -0.39 is 21.9 Å². The topological polar surface area (TPSA) is 86.8 Å². The van der Waals surface area contributed by atoms with Crippen LogP contribution in [0, 0.1) is 5.82 Å². The average molecular weight is 628 g/mol. The summed E-state index contributed by atoms with van der Waals surface area (Å²) in [6.07, 6.45) is 6.68. The summed E-state index contributed by atoms with van der Waals surface area (Å²) >= 11 is 6.51. The highest BCUT2D eigenvalue weighted by molar-refractivity contribution is 7.92. The van der Waals surface area contributed by atoms with Crippen LogP contribution in [0.25, 0.3) is 0 Å². The van der Waals surface area contributed by atoms with Gasteiger partial charge in [0.2, 0.25) is 21.8 Å². The van der Waals surface area contributed by atoms with Crippen molar-refractivity contribution in [1.29, 1.82) is 0 Å². The quantitative estimate of drug-likeness (QED) is 0.248. The largest absolute Gasteiger partial charge is 0.352 e. The summed E-state index contributed by atoms with van der Waals surface area (Å²) < 4.78 is 39.8. The lowest BCUT2D eigenvalue weighted by Gasteiger charge is -2.34.